The lowest BCUT2D eigenvalue weighted by molar-refractivity contribution is -0.116. The fourth-order valence-corrected chi connectivity index (χ4v) is 5.19. The third kappa shape index (κ3) is 5.72. The van der Waals surface area contributed by atoms with Gasteiger partial charge in [0.2, 0.25) is 0 Å². The van der Waals surface area contributed by atoms with Crippen molar-refractivity contribution in [1.29, 1.82) is 0 Å². The van der Waals surface area contributed by atoms with Gasteiger partial charge in [-0.2, -0.15) is 5.10 Å². The zero-order valence-corrected chi connectivity index (χ0v) is 22.1. The molecule has 0 aliphatic heterocycles. The Bertz CT molecular complexity index is 1460. The van der Waals surface area contributed by atoms with E-state index in [1.54, 1.807) is 42.1 Å². The van der Waals surface area contributed by atoms with E-state index in [2.05, 4.69) is 22.3 Å². The lowest BCUT2D eigenvalue weighted by atomic mass is 10.0. The van der Waals surface area contributed by atoms with Crippen LogP contribution in [-0.2, 0) is 14.6 Å². The van der Waals surface area contributed by atoms with Gasteiger partial charge in [-0.3, -0.25) is 4.79 Å². The minimum atomic E-state index is -3.47. The Balaban J connectivity index is 1.69. The SMILES string of the molecule is CCCC(NC(=O)C1=CCC(CC)=Cc2c1cnn2-c1ccc(F)cc1)c1ccnc(S(=O)(=O)CC)c1. The third-order valence-electron chi connectivity index (χ3n) is 6.52. The molecule has 1 aliphatic carbocycles. The predicted octanol–water partition coefficient (Wildman–Crippen LogP) is 5.44. The van der Waals surface area contributed by atoms with Gasteiger partial charge in [-0.05, 0) is 67.3 Å². The van der Waals surface area contributed by atoms with Crippen LogP contribution in [0, 0.1) is 5.82 Å². The maximum absolute atomic E-state index is 13.7. The van der Waals surface area contributed by atoms with Crippen LogP contribution in [-0.4, -0.2) is 34.8 Å². The van der Waals surface area contributed by atoms with Crippen molar-refractivity contribution >= 4 is 27.4 Å². The van der Waals surface area contributed by atoms with Crippen LogP contribution in [0.2, 0.25) is 0 Å². The van der Waals surface area contributed by atoms with E-state index in [0.29, 0.717) is 35.2 Å². The van der Waals surface area contributed by atoms with Crippen LogP contribution in [0.5, 0.6) is 0 Å². The molecule has 7 nitrogen and oxygen atoms in total. The summed E-state index contributed by atoms with van der Waals surface area (Å²) in [6, 6.07) is 8.97. The molecule has 1 aromatic carbocycles. The average molecular weight is 523 g/mol. The maximum atomic E-state index is 13.7. The summed E-state index contributed by atoms with van der Waals surface area (Å²) in [5.74, 6) is -0.644. The number of sulfone groups is 1. The number of pyridine rings is 1. The van der Waals surface area contributed by atoms with E-state index in [1.165, 1.54) is 18.3 Å². The predicted molar refractivity (Wildman–Crippen MR) is 142 cm³/mol. The first-order valence-corrected chi connectivity index (χ1v) is 14.2. The second-order valence-electron chi connectivity index (χ2n) is 8.96. The summed E-state index contributed by atoms with van der Waals surface area (Å²) in [5.41, 5.74) is 4.47. The van der Waals surface area contributed by atoms with Crippen LogP contribution in [0.15, 0.2) is 65.5 Å². The first kappa shape index (κ1) is 26.5. The summed E-state index contributed by atoms with van der Waals surface area (Å²) < 4.78 is 40.0. The zero-order valence-electron chi connectivity index (χ0n) is 21.2. The highest BCUT2D eigenvalue weighted by Gasteiger charge is 2.25. The molecule has 2 heterocycles. The summed E-state index contributed by atoms with van der Waals surface area (Å²) in [6.07, 6.45) is 9.93. The Hall–Kier alpha value is -3.59. The number of nitrogens with zero attached hydrogens (tertiary/aromatic N) is 3. The number of fused-ring (bicyclic) bond motifs is 1. The monoisotopic (exact) mass is 522 g/mol. The third-order valence-corrected chi connectivity index (χ3v) is 8.14. The number of carbonyl (C=O) groups excluding carboxylic acids is 1. The van der Waals surface area contributed by atoms with Gasteiger partial charge >= 0.3 is 0 Å². The van der Waals surface area contributed by atoms with Gasteiger partial charge in [0.25, 0.3) is 5.91 Å². The molecule has 2 aromatic heterocycles. The molecular weight excluding hydrogens is 491 g/mol. The van der Waals surface area contributed by atoms with Crippen LogP contribution >= 0.6 is 0 Å². The second-order valence-corrected chi connectivity index (χ2v) is 11.2. The Morgan fingerprint density at radius 2 is 1.92 bits per heavy atom. The molecule has 37 heavy (non-hydrogen) atoms. The molecule has 4 rings (SSSR count). The average Bonchev–Trinajstić information content (AvgIpc) is 3.21. The van der Waals surface area contributed by atoms with Gasteiger partial charge in [0.1, 0.15) is 5.82 Å². The lowest BCUT2D eigenvalue weighted by Crippen LogP contribution is -2.29. The van der Waals surface area contributed by atoms with Gasteiger partial charge in [0.15, 0.2) is 14.9 Å². The van der Waals surface area contributed by atoms with Crippen LogP contribution in [0.4, 0.5) is 4.39 Å². The van der Waals surface area contributed by atoms with E-state index in [0.717, 1.165) is 24.1 Å². The van der Waals surface area contributed by atoms with Crippen molar-refractivity contribution in [1.82, 2.24) is 20.1 Å². The fourth-order valence-electron chi connectivity index (χ4n) is 4.36. The number of rotatable bonds is 9. The number of hydrogen-bond donors (Lipinski definition) is 1. The lowest BCUT2D eigenvalue weighted by Gasteiger charge is -2.20. The van der Waals surface area contributed by atoms with Crippen molar-refractivity contribution < 1.29 is 17.6 Å². The van der Waals surface area contributed by atoms with Crippen molar-refractivity contribution in [2.75, 3.05) is 5.75 Å². The summed E-state index contributed by atoms with van der Waals surface area (Å²) in [7, 11) is -3.47. The molecule has 0 saturated heterocycles. The first-order valence-electron chi connectivity index (χ1n) is 12.5. The van der Waals surface area contributed by atoms with Gasteiger partial charge in [-0.25, -0.2) is 22.5 Å². The first-order chi connectivity index (χ1) is 17.8. The number of allylic oxidation sites excluding steroid dienone is 2. The molecule has 0 saturated carbocycles. The largest absolute Gasteiger partial charge is 0.345 e. The van der Waals surface area contributed by atoms with Gasteiger partial charge in [-0.1, -0.05) is 38.8 Å². The Morgan fingerprint density at radius 3 is 2.59 bits per heavy atom. The Morgan fingerprint density at radius 1 is 1.16 bits per heavy atom. The molecule has 1 aliphatic rings. The summed E-state index contributed by atoms with van der Waals surface area (Å²) in [4.78, 5) is 17.7. The topological polar surface area (TPSA) is 93.9 Å². The van der Waals surface area contributed by atoms with Crippen molar-refractivity contribution in [3.05, 3.63) is 83.1 Å². The molecule has 194 valence electrons. The number of hydrogen-bond acceptors (Lipinski definition) is 5. The molecule has 1 unspecified atom stereocenters. The van der Waals surface area contributed by atoms with E-state index in [4.69, 9.17) is 0 Å². The summed E-state index contributed by atoms with van der Waals surface area (Å²) in [6.45, 7) is 5.65. The number of nitrogens with one attached hydrogen (secondary N) is 1. The molecule has 0 fully saturated rings. The molecule has 3 aromatic rings. The summed E-state index contributed by atoms with van der Waals surface area (Å²) >= 11 is 0. The maximum Gasteiger partial charge on any atom is 0.252 e. The van der Waals surface area contributed by atoms with E-state index in [1.807, 2.05) is 19.1 Å². The highest BCUT2D eigenvalue weighted by atomic mass is 32.2. The van der Waals surface area contributed by atoms with E-state index < -0.39 is 9.84 Å². The normalized spacial score (nSPS) is 14.3. The number of amides is 1. The second kappa shape index (κ2) is 11.2. The van der Waals surface area contributed by atoms with E-state index in [-0.39, 0.29) is 28.5 Å². The molecule has 1 N–H and O–H groups in total. The van der Waals surface area contributed by atoms with Crippen LogP contribution in [0.1, 0.15) is 69.3 Å². The molecule has 0 spiro atoms. The molecular formula is C28H31FN4O3S. The highest BCUT2D eigenvalue weighted by molar-refractivity contribution is 7.91. The van der Waals surface area contributed by atoms with E-state index >= 15 is 0 Å². The van der Waals surface area contributed by atoms with E-state index in [9.17, 15) is 17.6 Å². The Kier molecular flexibility index (Phi) is 8.02. The highest BCUT2D eigenvalue weighted by Crippen LogP contribution is 2.31. The van der Waals surface area contributed by atoms with Crippen molar-refractivity contribution in [2.24, 2.45) is 0 Å². The van der Waals surface area contributed by atoms with Crippen LogP contribution < -0.4 is 5.32 Å². The van der Waals surface area contributed by atoms with Crippen molar-refractivity contribution in [3.8, 4) is 5.69 Å². The van der Waals surface area contributed by atoms with Gasteiger partial charge in [0, 0.05) is 17.3 Å². The van der Waals surface area contributed by atoms with Gasteiger partial charge in [-0.15, -0.1) is 0 Å². The smallest absolute Gasteiger partial charge is 0.252 e. The number of carbonyl (C=O) groups is 1. The van der Waals surface area contributed by atoms with Crippen molar-refractivity contribution in [2.45, 2.75) is 57.5 Å². The molecule has 1 atom stereocenters. The molecule has 9 heteroatoms. The number of halogens is 1. The molecule has 0 bridgehead atoms. The quantitative estimate of drug-likeness (QED) is 0.404. The number of aromatic nitrogens is 3. The minimum Gasteiger partial charge on any atom is -0.345 e. The molecule has 0 radical (unpaired) electrons. The standard InChI is InChI=1S/C28H31FN4O3S/c1-4-7-25(20-14-15-30-27(17-20)37(35,36)6-3)32-28(34)23-13-8-19(5-2)16-26-24(23)18-31-33(26)22-11-9-21(29)10-12-22/h9-18,25H,4-8H2,1-3H3,(H,32,34). The van der Waals surface area contributed by atoms with Crippen LogP contribution in [0.3, 0.4) is 0 Å². The minimum absolute atomic E-state index is 0.0104. The van der Waals surface area contributed by atoms with Gasteiger partial charge in [0.05, 0.1) is 29.4 Å². The van der Waals surface area contributed by atoms with Gasteiger partial charge < -0.3 is 5.32 Å². The van der Waals surface area contributed by atoms with Crippen LogP contribution in [0.25, 0.3) is 17.3 Å². The zero-order chi connectivity index (χ0) is 26.6. The van der Waals surface area contributed by atoms with Crippen molar-refractivity contribution in [3.63, 3.8) is 0 Å². The number of benzene rings is 1. The molecule has 1 amide bonds. The summed E-state index contributed by atoms with van der Waals surface area (Å²) in [5, 5.41) is 7.65. The Labute approximate surface area is 217 Å². The fraction of sp³-hybridized carbons (Fsp3) is 0.321.